The molecule has 0 fully saturated rings. The van der Waals surface area contributed by atoms with Gasteiger partial charge in [0.25, 0.3) is 0 Å². The minimum absolute atomic E-state index is 0.0868. The van der Waals surface area contributed by atoms with Crippen LogP contribution in [0.25, 0.3) is 10.2 Å². The van der Waals surface area contributed by atoms with Gasteiger partial charge in [-0.25, -0.2) is 15.0 Å². The van der Waals surface area contributed by atoms with E-state index in [0.29, 0.717) is 23.1 Å². The SMILES string of the molecule is CCCCc1ccc2nc(NC(=O)CCc3c(C)nc(SCC(N)=O)nc3C)sc2c1. The smallest absolute Gasteiger partial charge is 0.227 e. The predicted octanol–water partition coefficient (Wildman–Crippen LogP) is 4.19. The number of hydrogen-bond acceptors (Lipinski definition) is 7. The van der Waals surface area contributed by atoms with E-state index in [1.807, 2.05) is 19.9 Å². The van der Waals surface area contributed by atoms with Crippen LogP contribution < -0.4 is 11.1 Å². The number of rotatable bonds is 10. The number of hydrogen-bond donors (Lipinski definition) is 2. The van der Waals surface area contributed by atoms with Crippen LogP contribution in [0.4, 0.5) is 5.13 Å². The van der Waals surface area contributed by atoms with Crippen molar-refractivity contribution in [1.82, 2.24) is 15.0 Å². The molecule has 0 saturated heterocycles. The van der Waals surface area contributed by atoms with Crippen molar-refractivity contribution in [3.8, 4) is 0 Å². The number of aromatic nitrogens is 3. The molecule has 164 valence electrons. The first-order valence-electron chi connectivity index (χ1n) is 10.3. The third kappa shape index (κ3) is 6.48. The molecule has 0 atom stereocenters. The van der Waals surface area contributed by atoms with Gasteiger partial charge in [0.1, 0.15) is 0 Å². The Bertz CT molecular complexity index is 1070. The summed E-state index contributed by atoms with van der Waals surface area (Å²) >= 11 is 2.72. The Balaban J connectivity index is 1.60. The molecule has 0 spiro atoms. The van der Waals surface area contributed by atoms with E-state index in [2.05, 4.69) is 39.3 Å². The molecule has 9 heteroatoms. The van der Waals surface area contributed by atoms with Gasteiger partial charge in [0, 0.05) is 17.8 Å². The topological polar surface area (TPSA) is 111 Å². The van der Waals surface area contributed by atoms with Gasteiger partial charge in [-0.3, -0.25) is 9.59 Å². The lowest BCUT2D eigenvalue weighted by Crippen LogP contribution is -2.15. The largest absolute Gasteiger partial charge is 0.369 e. The summed E-state index contributed by atoms with van der Waals surface area (Å²) in [5.41, 5.74) is 9.96. The molecule has 0 aliphatic heterocycles. The van der Waals surface area contributed by atoms with Crippen molar-refractivity contribution in [2.45, 2.75) is 58.0 Å². The van der Waals surface area contributed by atoms with Gasteiger partial charge >= 0.3 is 0 Å². The van der Waals surface area contributed by atoms with Gasteiger partial charge in [0.15, 0.2) is 10.3 Å². The second-order valence-corrected chi connectivity index (χ2v) is 9.36. The summed E-state index contributed by atoms with van der Waals surface area (Å²) in [5.74, 6) is -0.351. The molecule has 3 rings (SSSR count). The fourth-order valence-electron chi connectivity index (χ4n) is 3.25. The highest BCUT2D eigenvalue weighted by molar-refractivity contribution is 7.99. The molecule has 2 heterocycles. The summed E-state index contributed by atoms with van der Waals surface area (Å²) in [6, 6.07) is 6.30. The van der Waals surface area contributed by atoms with E-state index in [1.54, 1.807) is 0 Å². The van der Waals surface area contributed by atoms with Crippen LogP contribution in [0, 0.1) is 13.8 Å². The molecule has 2 aromatic heterocycles. The molecule has 3 aromatic rings. The Morgan fingerprint density at radius 3 is 2.55 bits per heavy atom. The fraction of sp³-hybridized carbons (Fsp3) is 0.409. The fourth-order valence-corrected chi connectivity index (χ4v) is 4.87. The molecule has 7 nitrogen and oxygen atoms in total. The van der Waals surface area contributed by atoms with Gasteiger partial charge in [0.05, 0.1) is 16.0 Å². The second-order valence-electron chi connectivity index (χ2n) is 7.38. The molecule has 0 saturated carbocycles. The molecule has 2 amide bonds. The number of carbonyl (C=O) groups is 2. The van der Waals surface area contributed by atoms with E-state index in [0.717, 1.165) is 33.6 Å². The second kappa shape index (κ2) is 10.7. The van der Waals surface area contributed by atoms with Crippen molar-refractivity contribution in [2.24, 2.45) is 5.73 Å². The quantitative estimate of drug-likeness (QED) is 0.349. The molecular weight excluding hydrogens is 430 g/mol. The number of unbranched alkanes of at least 4 members (excludes halogenated alkanes) is 1. The van der Waals surface area contributed by atoms with Gasteiger partial charge in [0.2, 0.25) is 11.8 Å². The standard InChI is InChI=1S/C22H27N5O2S2/c1-4-5-6-15-7-9-17-18(11-15)31-22(26-17)27-20(29)10-8-16-13(2)24-21(25-14(16)3)30-12-19(23)28/h7,9,11H,4-6,8,10,12H2,1-3H3,(H2,23,28)(H,26,27,29). The number of thioether (sulfide) groups is 1. The number of nitrogens with two attached hydrogens (primary N) is 1. The van der Waals surface area contributed by atoms with E-state index in [4.69, 9.17) is 5.73 Å². The molecule has 0 bridgehead atoms. The maximum Gasteiger partial charge on any atom is 0.227 e. The summed E-state index contributed by atoms with van der Waals surface area (Å²) in [6.45, 7) is 5.96. The average Bonchev–Trinajstić information content (AvgIpc) is 3.11. The first kappa shape index (κ1) is 23.1. The lowest BCUT2D eigenvalue weighted by molar-refractivity contribution is -0.116. The minimum Gasteiger partial charge on any atom is -0.369 e. The number of anilines is 1. The van der Waals surface area contributed by atoms with Crippen LogP contribution >= 0.6 is 23.1 Å². The van der Waals surface area contributed by atoms with E-state index in [1.165, 1.54) is 41.5 Å². The van der Waals surface area contributed by atoms with Crippen molar-refractivity contribution in [2.75, 3.05) is 11.1 Å². The van der Waals surface area contributed by atoms with Crippen molar-refractivity contribution in [3.63, 3.8) is 0 Å². The maximum absolute atomic E-state index is 12.5. The maximum atomic E-state index is 12.5. The van der Waals surface area contributed by atoms with Gasteiger partial charge in [-0.1, -0.05) is 42.5 Å². The number of benzene rings is 1. The van der Waals surface area contributed by atoms with Gasteiger partial charge < -0.3 is 11.1 Å². The Morgan fingerprint density at radius 2 is 1.87 bits per heavy atom. The van der Waals surface area contributed by atoms with Crippen LogP contribution in [0.5, 0.6) is 0 Å². The van der Waals surface area contributed by atoms with Crippen LogP contribution in [-0.2, 0) is 22.4 Å². The third-order valence-corrected chi connectivity index (χ3v) is 6.67. The predicted molar refractivity (Wildman–Crippen MR) is 127 cm³/mol. The van der Waals surface area contributed by atoms with Crippen LogP contribution in [0.3, 0.4) is 0 Å². The highest BCUT2D eigenvalue weighted by Crippen LogP contribution is 2.27. The summed E-state index contributed by atoms with van der Waals surface area (Å²) in [5, 5.41) is 4.06. The van der Waals surface area contributed by atoms with Gasteiger partial charge in [-0.15, -0.1) is 0 Å². The van der Waals surface area contributed by atoms with Crippen LogP contribution in [0.2, 0.25) is 0 Å². The first-order valence-corrected chi connectivity index (χ1v) is 12.1. The van der Waals surface area contributed by atoms with Crippen LogP contribution in [0.15, 0.2) is 23.4 Å². The van der Waals surface area contributed by atoms with Crippen LogP contribution in [0.1, 0.15) is 48.7 Å². The summed E-state index contributed by atoms with van der Waals surface area (Å²) in [7, 11) is 0. The summed E-state index contributed by atoms with van der Waals surface area (Å²) in [4.78, 5) is 36.8. The number of aryl methyl sites for hydroxylation is 3. The van der Waals surface area contributed by atoms with Crippen molar-refractivity contribution < 1.29 is 9.59 Å². The number of nitrogens with zero attached hydrogens (tertiary/aromatic N) is 3. The number of carbonyl (C=O) groups excluding carboxylic acids is 2. The lowest BCUT2D eigenvalue weighted by Gasteiger charge is -2.10. The number of thiazole rings is 1. The molecule has 0 radical (unpaired) electrons. The first-order chi connectivity index (χ1) is 14.9. The van der Waals surface area contributed by atoms with E-state index in [-0.39, 0.29) is 11.7 Å². The summed E-state index contributed by atoms with van der Waals surface area (Å²) < 4.78 is 1.09. The molecule has 0 aliphatic carbocycles. The molecule has 0 aliphatic rings. The Hall–Kier alpha value is -2.52. The number of primary amides is 1. The summed E-state index contributed by atoms with van der Waals surface area (Å²) in [6.07, 6.45) is 4.25. The van der Waals surface area contributed by atoms with E-state index in [9.17, 15) is 9.59 Å². The van der Waals surface area contributed by atoms with Gasteiger partial charge in [-0.2, -0.15) is 0 Å². The molecule has 1 aromatic carbocycles. The number of amides is 2. The molecule has 31 heavy (non-hydrogen) atoms. The highest BCUT2D eigenvalue weighted by atomic mass is 32.2. The Morgan fingerprint density at radius 1 is 1.13 bits per heavy atom. The van der Waals surface area contributed by atoms with E-state index < -0.39 is 5.91 Å². The Labute approximate surface area is 190 Å². The zero-order chi connectivity index (χ0) is 22.4. The van der Waals surface area contributed by atoms with Crippen LogP contribution in [-0.4, -0.2) is 32.5 Å². The molecule has 0 unspecified atom stereocenters. The minimum atomic E-state index is -0.406. The van der Waals surface area contributed by atoms with Gasteiger partial charge in [-0.05, 0) is 56.4 Å². The highest BCUT2D eigenvalue weighted by Gasteiger charge is 2.13. The van der Waals surface area contributed by atoms with Crippen molar-refractivity contribution >= 4 is 50.3 Å². The molecular formula is C22H27N5O2S2. The zero-order valence-electron chi connectivity index (χ0n) is 18.0. The van der Waals surface area contributed by atoms with Crippen molar-refractivity contribution in [3.05, 3.63) is 40.7 Å². The molecule has 3 N–H and O–H groups in total. The third-order valence-electron chi connectivity index (χ3n) is 4.86. The Kier molecular flexibility index (Phi) is 7.97. The van der Waals surface area contributed by atoms with E-state index >= 15 is 0 Å². The lowest BCUT2D eigenvalue weighted by atomic mass is 10.1. The average molecular weight is 458 g/mol. The number of fused-ring (bicyclic) bond motifs is 1. The monoisotopic (exact) mass is 457 g/mol. The number of nitrogens with one attached hydrogen (secondary N) is 1. The normalized spacial score (nSPS) is 11.1. The zero-order valence-corrected chi connectivity index (χ0v) is 19.7. The van der Waals surface area contributed by atoms with Crippen molar-refractivity contribution in [1.29, 1.82) is 0 Å².